The molecule has 1 heterocycles. The Labute approximate surface area is 184 Å². The Morgan fingerprint density at radius 3 is 2.56 bits per heavy atom. The molecule has 2 aromatic rings. The number of halogens is 3. The maximum Gasteiger partial charge on any atom is 0.417 e. The third-order valence-corrected chi connectivity index (χ3v) is 5.48. The van der Waals surface area contributed by atoms with Crippen LogP contribution in [0.3, 0.4) is 0 Å². The number of amides is 2. The highest BCUT2D eigenvalue weighted by Crippen LogP contribution is 2.35. The SMILES string of the molecule is CNC(=O)C1CN(c2ccc(C#N)c(C(F)(F)F)c2)CCN1C(=O)Cc1cccc(C)c1. The number of aryl methyl sites for hydroxylation is 1. The van der Waals surface area contributed by atoms with E-state index >= 15 is 0 Å². The Balaban J connectivity index is 1.84. The fourth-order valence-corrected chi connectivity index (χ4v) is 3.87. The van der Waals surface area contributed by atoms with Crippen LogP contribution in [0.4, 0.5) is 18.9 Å². The molecule has 6 nitrogen and oxygen atoms in total. The number of nitrogens with zero attached hydrogens (tertiary/aromatic N) is 3. The quantitative estimate of drug-likeness (QED) is 0.787. The average Bonchev–Trinajstić information content (AvgIpc) is 2.77. The van der Waals surface area contributed by atoms with E-state index < -0.39 is 29.3 Å². The molecule has 0 bridgehead atoms. The zero-order valence-corrected chi connectivity index (χ0v) is 17.7. The molecule has 1 atom stereocenters. The van der Waals surface area contributed by atoms with Crippen molar-refractivity contribution in [1.82, 2.24) is 10.2 Å². The van der Waals surface area contributed by atoms with E-state index in [0.29, 0.717) is 0 Å². The first-order chi connectivity index (χ1) is 15.1. The van der Waals surface area contributed by atoms with Gasteiger partial charge in [0.2, 0.25) is 11.8 Å². The van der Waals surface area contributed by atoms with E-state index in [1.165, 1.54) is 18.0 Å². The molecular weight excluding hydrogens is 421 g/mol. The predicted octanol–water partition coefficient (Wildman–Crippen LogP) is 2.89. The second kappa shape index (κ2) is 9.30. The Bertz CT molecular complexity index is 1060. The fraction of sp³-hybridized carbons (Fsp3) is 0.348. The normalized spacial score (nSPS) is 16.4. The van der Waals surface area contributed by atoms with Crippen LogP contribution in [0, 0.1) is 18.3 Å². The molecule has 0 aromatic heterocycles. The molecular formula is C23H23F3N4O2. The average molecular weight is 444 g/mol. The number of carbonyl (C=O) groups excluding carboxylic acids is 2. The molecule has 1 aliphatic heterocycles. The highest BCUT2D eigenvalue weighted by Gasteiger charge is 2.37. The van der Waals surface area contributed by atoms with E-state index in [1.807, 2.05) is 31.2 Å². The number of benzene rings is 2. The molecule has 168 valence electrons. The van der Waals surface area contributed by atoms with Crippen molar-refractivity contribution < 1.29 is 22.8 Å². The molecule has 0 aliphatic carbocycles. The summed E-state index contributed by atoms with van der Waals surface area (Å²) in [5, 5.41) is 11.5. The van der Waals surface area contributed by atoms with Gasteiger partial charge in [0.15, 0.2) is 0 Å². The van der Waals surface area contributed by atoms with Crippen LogP contribution in [0.5, 0.6) is 0 Å². The summed E-state index contributed by atoms with van der Waals surface area (Å²) in [7, 11) is 1.45. The van der Waals surface area contributed by atoms with Gasteiger partial charge >= 0.3 is 6.18 Å². The molecule has 2 aromatic carbocycles. The van der Waals surface area contributed by atoms with Gasteiger partial charge in [-0.15, -0.1) is 0 Å². The fourth-order valence-electron chi connectivity index (χ4n) is 3.87. The highest BCUT2D eigenvalue weighted by atomic mass is 19.4. The molecule has 1 fully saturated rings. The first-order valence-corrected chi connectivity index (χ1v) is 10.1. The van der Waals surface area contributed by atoms with E-state index in [4.69, 9.17) is 5.26 Å². The van der Waals surface area contributed by atoms with E-state index in [0.717, 1.165) is 23.3 Å². The van der Waals surface area contributed by atoms with Crippen molar-refractivity contribution in [2.24, 2.45) is 0 Å². The van der Waals surface area contributed by atoms with Crippen molar-refractivity contribution in [2.75, 3.05) is 31.6 Å². The smallest absolute Gasteiger partial charge is 0.367 e. The summed E-state index contributed by atoms with van der Waals surface area (Å²) >= 11 is 0. The van der Waals surface area contributed by atoms with Crippen molar-refractivity contribution in [1.29, 1.82) is 5.26 Å². The van der Waals surface area contributed by atoms with Gasteiger partial charge < -0.3 is 15.1 Å². The summed E-state index contributed by atoms with van der Waals surface area (Å²) in [5.74, 6) is -0.614. The number of carbonyl (C=O) groups is 2. The van der Waals surface area contributed by atoms with Crippen LogP contribution in [-0.2, 0) is 22.2 Å². The zero-order chi connectivity index (χ0) is 23.5. The molecule has 1 unspecified atom stereocenters. The predicted molar refractivity (Wildman–Crippen MR) is 113 cm³/mol. The molecule has 0 radical (unpaired) electrons. The minimum absolute atomic E-state index is 0.0441. The molecule has 3 rings (SSSR count). The number of hydrogen-bond donors (Lipinski definition) is 1. The van der Waals surface area contributed by atoms with Crippen LogP contribution in [0.15, 0.2) is 42.5 Å². The van der Waals surface area contributed by atoms with Crippen molar-refractivity contribution >= 4 is 17.5 Å². The van der Waals surface area contributed by atoms with Crippen molar-refractivity contribution in [3.63, 3.8) is 0 Å². The number of alkyl halides is 3. The van der Waals surface area contributed by atoms with Gasteiger partial charge in [0.1, 0.15) is 6.04 Å². The Hall–Kier alpha value is -3.54. The second-order valence-electron chi connectivity index (χ2n) is 7.67. The molecule has 1 saturated heterocycles. The number of anilines is 1. The first-order valence-electron chi connectivity index (χ1n) is 10.1. The van der Waals surface area contributed by atoms with Crippen LogP contribution in [-0.4, -0.2) is 49.4 Å². The van der Waals surface area contributed by atoms with Crippen LogP contribution < -0.4 is 10.2 Å². The number of piperazine rings is 1. The maximum absolute atomic E-state index is 13.4. The van der Waals surface area contributed by atoms with Gasteiger partial charge in [0.05, 0.1) is 23.6 Å². The Kier molecular flexibility index (Phi) is 6.72. The molecule has 1 aliphatic rings. The first kappa shape index (κ1) is 23.1. The van der Waals surface area contributed by atoms with Gasteiger partial charge in [-0.25, -0.2) is 0 Å². The number of rotatable bonds is 4. The molecule has 0 spiro atoms. The number of nitriles is 1. The molecule has 2 amide bonds. The highest BCUT2D eigenvalue weighted by molar-refractivity contribution is 5.89. The van der Waals surface area contributed by atoms with Gasteiger partial charge in [-0.3, -0.25) is 9.59 Å². The van der Waals surface area contributed by atoms with E-state index in [2.05, 4.69) is 5.32 Å². The van der Waals surface area contributed by atoms with Gasteiger partial charge in [-0.2, -0.15) is 18.4 Å². The van der Waals surface area contributed by atoms with Crippen LogP contribution in [0.1, 0.15) is 22.3 Å². The van der Waals surface area contributed by atoms with Gasteiger partial charge in [0, 0.05) is 32.4 Å². The lowest BCUT2D eigenvalue weighted by Gasteiger charge is -2.41. The molecule has 9 heteroatoms. The third-order valence-electron chi connectivity index (χ3n) is 5.48. The maximum atomic E-state index is 13.4. The molecule has 0 saturated carbocycles. The van der Waals surface area contributed by atoms with Gasteiger partial charge in [0.25, 0.3) is 0 Å². The number of nitrogens with one attached hydrogen (secondary N) is 1. The van der Waals surface area contributed by atoms with E-state index in [-0.39, 0.29) is 37.6 Å². The van der Waals surface area contributed by atoms with E-state index in [9.17, 15) is 22.8 Å². The van der Waals surface area contributed by atoms with Gasteiger partial charge in [-0.05, 0) is 30.7 Å². The topological polar surface area (TPSA) is 76.4 Å². The number of hydrogen-bond acceptors (Lipinski definition) is 4. The lowest BCUT2D eigenvalue weighted by molar-refractivity contribution is -0.140. The van der Waals surface area contributed by atoms with Crippen LogP contribution >= 0.6 is 0 Å². The zero-order valence-electron chi connectivity index (χ0n) is 17.7. The molecule has 32 heavy (non-hydrogen) atoms. The lowest BCUT2D eigenvalue weighted by atomic mass is 10.0. The van der Waals surface area contributed by atoms with Crippen molar-refractivity contribution in [3.05, 3.63) is 64.7 Å². The van der Waals surface area contributed by atoms with Crippen LogP contribution in [0.2, 0.25) is 0 Å². The largest absolute Gasteiger partial charge is 0.417 e. The summed E-state index contributed by atoms with van der Waals surface area (Å²) in [6.07, 6.45) is -4.54. The van der Waals surface area contributed by atoms with Crippen molar-refractivity contribution in [3.8, 4) is 6.07 Å². The van der Waals surface area contributed by atoms with Crippen molar-refractivity contribution in [2.45, 2.75) is 25.6 Å². The van der Waals surface area contributed by atoms with Crippen LogP contribution in [0.25, 0.3) is 0 Å². The minimum Gasteiger partial charge on any atom is -0.367 e. The summed E-state index contributed by atoms with van der Waals surface area (Å²) < 4.78 is 40.1. The Morgan fingerprint density at radius 1 is 1.19 bits per heavy atom. The summed E-state index contributed by atoms with van der Waals surface area (Å²) in [6, 6.07) is 11.7. The standard InChI is InChI=1S/C23H23F3N4O2/c1-15-4-3-5-16(10-15)11-21(31)30-9-8-29(14-20(30)22(32)28-2)18-7-6-17(13-27)19(12-18)23(24,25)26/h3-7,10,12,20H,8-9,11,14H2,1-2H3,(H,28,32). The monoisotopic (exact) mass is 444 g/mol. The Morgan fingerprint density at radius 2 is 1.94 bits per heavy atom. The minimum atomic E-state index is -4.67. The number of likely N-dealkylation sites (N-methyl/N-ethyl adjacent to an activating group) is 1. The lowest BCUT2D eigenvalue weighted by Crippen LogP contribution is -2.60. The third kappa shape index (κ3) is 5.02. The van der Waals surface area contributed by atoms with Gasteiger partial charge in [-0.1, -0.05) is 29.8 Å². The molecule has 1 N–H and O–H groups in total. The summed E-state index contributed by atoms with van der Waals surface area (Å²) in [5.41, 5.74) is 0.610. The summed E-state index contributed by atoms with van der Waals surface area (Å²) in [6.45, 7) is 2.41. The van der Waals surface area contributed by atoms with E-state index in [1.54, 1.807) is 11.0 Å². The second-order valence-corrected chi connectivity index (χ2v) is 7.67. The summed E-state index contributed by atoms with van der Waals surface area (Å²) in [4.78, 5) is 28.6.